The zero-order valence-electron chi connectivity index (χ0n) is 32.5. The number of aromatic nitrogens is 4. The third-order valence-corrected chi connectivity index (χ3v) is 9.88. The Kier molecular flexibility index (Phi) is 11.4. The molecule has 0 aliphatic heterocycles. The van der Waals surface area contributed by atoms with Gasteiger partial charge in [0.1, 0.15) is 0 Å². The highest BCUT2D eigenvalue weighted by molar-refractivity contribution is 5.90. The van der Waals surface area contributed by atoms with Gasteiger partial charge in [-0.25, -0.2) is 0 Å². The lowest BCUT2D eigenvalue weighted by atomic mass is 10.0. The first-order valence-corrected chi connectivity index (χ1v) is 18.4. The summed E-state index contributed by atoms with van der Waals surface area (Å²) in [7, 11) is 5.09. The lowest BCUT2D eigenvalue weighted by Gasteiger charge is -2.14. The minimum Gasteiger partial charge on any atom is -0.493 e. The average Bonchev–Trinajstić information content (AvgIpc) is 3.89. The summed E-state index contributed by atoms with van der Waals surface area (Å²) in [4.78, 5) is 26.9. The average molecular weight is 839 g/mol. The van der Waals surface area contributed by atoms with Gasteiger partial charge in [-0.3, -0.25) is 19.0 Å². The van der Waals surface area contributed by atoms with Crippen LogP contribution in [0.5, 0.6) is 23.0 Å². The van der Waals surface area contributed by atoms with Crippen molar-refractivity contribution in [2.45, 2.75) is 51.1 Å². The van der Waals surface area contributed by atoms with Crippen molar-refractivity contribution >= 4 is 21.9 Å². The molecule has 0 atom stereocenters. The first-order valence-electron chi connectivity index (χ1n) is 18.4. The molecule has 12 nitrogen and oxygen atoms in total. The monoisotopic (exact) mass is 838 g/mol. The van der Waals surface area contributed by atoms with Crippen molar-refractivity contribution in [3.05, 3.63) is 116 Å². The van der Waals surface area contributed by atoms with Crippen molar-refractivity contribution in [1.82, 2.24) is 19.6 Å². The van der Waals surface area contributed by atoms with E-state index in [1.165, 1.54) is 86.9 Å². The smallest absolute Gasteiger partial charge is 0.450 e. The second-order valence-corrected chi connectivity index (χ2v) is 13.7. The molecule has 7 aromatic rings. The molecule has 0 N–H and O–H groups in total. The van der Waals surface area contributed by atoms with E-state index in [2.05, 4.69) is 10.2 Å². The summed E-state index contributed by atoms with van der Waals surface area (Å²) in [5.74, 6) is -3.01. The number of rotatable bonds is 14. The van der Waals surface area contributed by atoms with E-state index in [0.717, 1.165) is 30.4 Å². The van der Waals surface area contributed by atoms with Crippen LogP contribution in [0.25, 0.3) is 44.2 Å². The molecule has 0 saturated carbocycles. The lowest BCUT2D eigenvalue weighted by molar-refractivity contribution is -0.152. The molecule has 3 aromatic carbocycles. The van der Waals surface area contributed by atoms with Crippen molar-refractivity contribution in [1.29, 1.82) is 0 Å². The number of ether oxygens (including phenoxy) is 4. The van der Waals surface area contributed by atoms with Crippen LogP contribution in [-0.2, 0) is 31.9 Å². The molecule has 18 heteroatoms. The summed E-state index contributed by atoms with van der Waals surface area (Å²) in [6, 6.07) is 13.1. The van der Waals surface area contributed by atoms with Crippen molar-refractivity contribution in [3.63, 3.8) is 0 Å². The number of halogens is 6. The van der Waals surface area contributed by atoms with Crippen LogP contribution in [0.3, 0.4) is 0 Å². The van der Waals surface area contributed by atoms with Crippen LogP contribution in [0.15, 0.2) is 91.7 Å². The number of hydrogen-bond acceptors (Lipinski definition) is 10. The van der Waals surface area contributed by atoms with Crippen LogP contribution in [-0.4, -0.2) is 48.0 Å². The Morgan fingerprint density at radius 1 is 0.583 bits per heavy atom. The van der Waals surface area contributed by atoms with Crippen LogP contribution >= 0.6 is 0 Å². The van der Waals surface area contributed by atoms with Crippen LogP contribution in [0.4, 0.5) is 26.3 Å². The van der Waals surface area contributed by atoms with E-state index in [1.54, 1.807) is 0 Å². The third kappa shape index (κ3) is 8.00. The first kappa shape index (κ1) is 41.4. The molecular formula is C42H36F6N4O8. The van der Waals surface area contributed by atoms with E-state index in [-0.39, 0.29) is 62.6 Å². The molecule has 7 rings (SSSR count). The van der Waals surface area contributed by atoms with Crippen molar-refractivity contribution in [2.24, 2.45) is 0 Å². The van der Waals surface area contributed by atoms with E-state index in [9.17, 15) is 35.9 Å². The van der Waals surface area contributed by atoms with Crippen LogP contribution in [0.2, 0.25) is 0 Å². The molecular weight excluding hydrogens is 802 g/mol. The highest BCUT2D eigenvalue weighted by atomic mass is 19.4. The Labute approximate surface area is 336 Å². The Hall–Kier alpha value is -6.72. The summed E-state index contributed by atoms with van der Waals surface area (Å²) in [5, 5.41) is 8.19. The van der Waals surface area contributed by atoms with E-state index < -0.39 is 45.9 Å². The fourth-order valence-electron chi connectivity index (χ4n) is 7.04. The predicted octanol–water partition coefficient (Wildman–Crippen LogP) is 9.16. The fourth-order valence-corrected chi connectivity index (χ4v) is 7.04. The highest BCUT2D eigenvalue weighted by Gasteiger charge is 2.41. The minimum atomic E-state index is -5.01. The maximum absolute atomic E-state index is 14.3. The normalized spacial score (nSPS) is 12.0. The lowest BCUT2D eigenvalue weighted by Crippen LogP contribution is -2.16. The van der Waals surface area contributed by atoms with Gasteiger partial charge >= 0.3 is 12.4 Å². The molecule has 0 amide bonds. The van der Waals surface area contributed by atoms with Gasteiger partial charge in [0.05, 0.1) is 69.3 Å². The molecule has 0 bridgehead atoms. The van der Waals surface area contributed by atoms with Gasteiger partial charge in [0.2, 0.25) is 33.9 Å². The summed E-state index contributed by atoms with van der Waals surface area (Å²) in [6.45, 7) is 0.608. The topological polar surface area (TPSA) is 133 Å². The molecule has 0 radical (unpaired) electrons. The number of fused-ring (bicyclic) bond motifs is 2. The molecule has 0 unspecified atom stereocenters. The number of hydrogen-bond donors (Lipinski definition) is 0. The molecule has 60 heavy (non-hydrogen) atoms. The van der Waals surface area contributed by atoms with E-state index in [0.29, 0.717) is 13.0 Å². The number of alkyl halides is 6. The van der Waals surface area contributed by atoms with Gasteiger partial charge < -0.3 is 27.8 Å². The minimum absolute atomic E-state index is 0.0352. The van der Waals surface area contributed by atoms with Gasteiger partial charge in [0, 0.05) is 30.1 Å². The largest absolute Gasteiger partial charge is 0.493 e. The van der Waals surface area contributed by atoms with Crippen molar-refractivity contribution in [3.8, 4) is 45.3 Å². The summed E-state index contributed by atoms with van der Waals surface area (Å²) in [6.07, 6.45) is -1.93. The number of benzene rings is 3. The predicted molar refractivity (Wildman–Crippen MR) is 207 cm³/mol. The second kappa shape index (κ2) is 16.5. The Balaban J connectivity index is 0.979. The maximum Gasteiger partial charge on any atom is 0.450 e. The Morgan fingerprint density at radius 2 is 1.05 bits per heavy atom. The van der Waals surface area contributed by atoms with Gasteiger partial charge in [-0.1, -0.05) is 30.7 Å². The third-order valence-electron chi connectivity index (χ3n) is 9.88. The number of unbranched alkanes of at least 4 members (excludes halogenated alkanes) is 2. The van der Waals surface area contributed by atoms with Gasteiger partial charge in [-0.05, 0) is 54.7 Å². The van der Waals surface area contributed by atoms with E-state index in [4.69, 9.17) is 27.8 Å². The Morgan fingerprint density at radius 3 is 1.52 bits per heavy atom. The van der Waals surface area contributed by atoms with Crippen LogP contribution in [0.1, 0.15) is 41.9 Å². The number of aryl methyl sites for hydroxylation is 2. The summed E-state index contributed by atoms with van der Waals surface area (Å²) >= 11 is 0. The van der Waals surface area contributed by atoms with E-state index >= 15 is 0 Å². The first-order chi connectivity index (χ1) is 28.7. The van der Waals surface area contributed by atoms with Crippen molar-refractivity contribution < 1.29 is 54.1 Å². The van der Waals surface area contributed by atoms with Gasteiger partial charge in [0.25, 0.3) is 0 Å². The molecule has 0 fully saturated rings. The SMILES string of the molecule is COc1ccc2c(=O)c(-c3cnn(CCCCCc4ccc(Cn5cc(-c6c(C(F)(F)F)oc7c(OC)c(OC)ccc7c6=O)cn5)cc4)c3)c(C(F)(F)F)oc2c1OC. The molecule has 0 saturated heterocycles. The standard InChI is InChI=1S/C42H36F6N4O8/c1-55-29-15-13-27-33(53)31(39(41(43,44)45)59-35(27)37(29)57-3)25-18-49-51(21-25)17-7-5-6-8-23-9-11-24(12-10-23)20-52-22-26(19-50-52)32-34(54)28-14-16-30(56-2)38(58-4)36(28)60-40(32)42(46,47)48/h9-16,18-19,21-22H,5-8,17,20H2,1-4H3. The number of nitrogens with zero attached hydrogens (tertiary/aromatic N) is 4. The molecule has 0 aliphatic carbocycles. The summed E-state index contributed by atoms with van der Waals surface area (Å²) in [5.41, 5.74) is -2.13. The molecule has 314 valence electrons. The molecule has 0 spiro atoms. The zero-order valence-corrected chi connectivity index (χ0v) is 32.5. The van der Waals surface area contributed by atoms with Gasteiger partial charge in [-0.2, -0.15) is 36.5 Å². The van der Waals surface area contributed by atoms with Crippen LogP contribution < -0.4 is 29.8 Å². The summed E-state index contributed by atoms with van der Waals surface area (Å²) < 4.78 is 120. The molecule has 4 aromatic heterocycles. The van der Waals surface area contributed by atoms with Crippen LogP contribution in [0, 0.1) is 0 Å². The molecule has 4 heterocycles. The van der Waals surface area contributed by atoms with Gasteiger partial charge in [-0.15, -0.1) is 0 Å². The second-order valence-electron chi connectivity index (χ2n) is 13.7. The fraction of sp³-hybridized carbons (Fsp3) is 0.286. The highest BCUT2D eigenvalue weighted by Crippen LogP contribution is 2.43. The molecule has 0 aliphatic rings. The Bertz CT molecular complexity index is 2800. The zero-order chi connectivity index (χ0) is 42.9. The van der Waals surface area contributed by atoms with Crippen molar-refractivity contribution in [2.75, 3.05) is 28.4 Å². The van der Waals surface area contributed by atoms with E-state index in [1.807, 2.05) is 24.3 Å². The number of methoxy groups -OCH3 is 4. The van der Waals surface area contributed by atoms with Gasteiger partial charge in [0.15, 0.2) is 22.7 Å². The quantitative estimate of drug-likeness (QED) is 0.0772. The maximum atomic E-state index is 14.3.